The van der Waals surface area contributed by atoms with Crippen molar-refractivity contribution in [3.63, 3.8) is 0 Å². The number of ether oxygens (including phenoxy) is 1. The summed E-state index contributed by atoms with van der Waals surface area (Å²) in [5, 5.41) is 0.384. The fourth-order valence-electron chi connectivity index (χ4n) is 1.87. The van der Waals surface area contributed by atoms with E-state index < -0.39 is 10.0 Å². The first-order valence-corrected chi connectivity index (χ1v) is 8.25. The third-order valence-electron chi connectivity index (χ3n) is 2.98. The van der Waals surface area contributed by atoms with Gasteiger partial charge in [-0.05, 0) is 43.3 Å². The average Bonchev–Trinajstić information content (AvgIpc) is 2.48. The molecule has 0 aliphatic carbocycles. The second kappa shape index (κ2) is 6.37. The quantitative estimate of drug-likeness (QED) is 0.844. The molecule has 0 heterocycles. The Morgan fingerprint density at radius 2 is 1.71 bits per heavy atom. The molecule has 0 amide bonds. The molecule has 112 valence electrons. The first-order valence-electron chi connectivity index (χ1n) is 6.43. The molecule has 0 aliphatic rings. The van der Waals surface area contributed by atoms with Crippen LogP contribution in [0, 0.1) is 0 Å². The van der Waals surface area contributed by atoms with Crippen LogP contribution in [0.1, 0.15) is 6.92 Å². The standard InChI is InChI=1S/C15H16ClNO3S/c1-3-20-12-8-10-13(11-9-12)21(18,19)17(2)15-7-5-4-6-14(15)16/h4-11H,3H2,1-2H3. The molecule has 0 saturated carbocycles. The van der Waals surface area contributed by atoms with Crippen LogP contribution in [0.3, 0.4) is 0 Å². The Morgan fingerprint density at radius 1 is 1.10 bits per heavy atom. The summed E-state index contributed by atoms with van der Waals surface area (Å²) >= 11 is 6.05. The van der Waals surface area contributed by atoms with Gasteiger partial charge in [-0.3, -0.25) is 4.31 Å². The zero-order valence-corrected chi connectivity index (χ0v) is 13.4. The van der Waals surface area contributed by atoms with Gasteiger partial charge < -0.3 is 4.74 Å². The first-order chi connectivity index (χ1) is 9.96. The van der Waals surface area contributed by atoms with Crippen LogP contribution in [-0.2, 0) is 10.0 Å². The van der Waals surface area contributed by atoms with E-state index in [9.17, 15) is 8.42 Å². The summed E-state index contributed by atoms with van der Waals surface area (Å²) in [4.78, 5) is 0.188. The highest BCUT2D eigenvalue weighted by Crippen LogP contribution is 2.29. The van der Waals surface area contributed by atoms with Gasteiger partial charge in [-0.15, -0.1) is 0 Å². The van der Waals surface area contributed by atoms with Crippen LogP contribution in [0.4, 0.5) is 5.69 Å². The summed E-state index contributed by atoms with van der Waals surface area (Å²) in [6.07, 6.45) is 0. The third kappa shape index (κ3) is 3.31. The fourth-order valence-corrected chi connectivity index (χ4v) is 3.40. The van der Waals surface area contributed by atoms with E-state index in [2.05, 4.69) is 0 Å². The highest BCUT2D eigenvalue weighted by molar-refractivity contribution is 7.92. The smallest absolute Gasteiger partial charge is 0.264 e. The average molecular weight is 326 g/mol. The van der Waals surface area contributed by atoms with Crippen molar-refractivity contribution in [1.82, 2.24) is 0 Å². The Morgan fingerprint density at radius 3 is 2.29 bits per heavy atom. The zero-order valence-electron chi connectivity index (χ0n) is 11.8. The van der Waals surface area contributed by atoms with Crippen molar-refractivity contribution in [3.05, 3.63) is 53.6 Å². The molecular formula is C15H16ClNO3S. The maximum absolute atomic E-state index is 12.6. The Labute approximate surface area is 130 Å². The van der Waals surface area contributed by atoms with Gasteiger partial charge in [-0.25, -0.2) is 8.42 Å². The van der Waals surface area contributed by atoms with Gasteiger partial charge >= 0.3 is 0 Å². The molecular weight excluding hydrogens is 310 g/mol. The normalized spacial score (nSPS) is 11.2. The van der Waals surface area contributed by atoms with Crippen molar-refractivity contribution in [1.29, 1.82) is 0 Å². The largest absolute Gasteiger partial charge is 0.494 e. The number of halogens is 1. The van der Waals surface area contributed by atoms with Crippen LogP contribution >= 0.6 is 11.6 Å². The van der Waals surface area contributed by atoms with Crippen molar-refractivity contribution < 1.29 is 13.2 Å². The molecule has 0 saturated heterocycles. The SMILES string of the molecule is CCOc1ccc(S(=O)(=O)N(C)c2ccccc2Cl)cc1. The number of sulfonamides is 1. The van der Waals surface area contributed by atoms with E-state index in [1.165, 1.54) is 23.5 Å². The van der Waals surface area contributed by atoms with Crippen molar-refractivity contribution in [2.24, 2.45) is 0 Å². The van der Waals surface area contributed by atoms with Crippen molar-refractivity contribution in [2.45, 2.75) is 11.8 Å². The predicted molar refractivity (Wildman–Crippen MR) is 84.7 cm³/mol. The predicted octanol–water partition coefficient (Wildman–Crippen LogP) is 3.56. The Bertz CT molecular complexity index is 714. The zero-order chi connectivity index (χ0) is 15.5. The Hall–Kier alpha value is -1.72. The van der Waals surface area contributed by atoms with E-state index in [1.54, 1.807) is 36.4 Å². The summed E-state index contributed by atoms with van der Waals surface area (Å²) in [6.45, 7) is 2.40. The van der Waals surface area contributed by atoms with E-state index in [1.807, 2.05) is 6.92 Å². The number of hydrogen-bond acceptors (Lipinski definition) is 3. The van der Waals surface area contributed by atoms with E-state index >= 15 is 0 Å². The lowest BCUT2D eigenvalue weighted by molar-refractivity contribution is 0.340. The van der Waals surface area contributed by atoms with Gasteiger partial charge in [0, 0.05) is 7.05 Å². The van der Waals surface area contributed by atoms with Gasteiger partial charge in [0.15, 0.2) is 0 Å². The molecule has 2 rings (SSSR count). The molecule has 0 aromatic heterocycles. The van der Waals surface area contributed by atoms with Crippen LogP contribution in [0.15, 0.2) is 53.4 Å². The maximum atomic E-state index is 12.6. The topological polar surface area (TPSA) is 46.6 Å². The maximum Gasteiger partial charge on any atom is 0.264 e. The molecule has 2 aromatic carbocycles. The van der Waals surface area contributed by atoms with Crippen LogP contribution in [0.25, 0.3) is 0 Å². The molecule has 0 bridgehead atoms. The van der Waals surface area contributed by atoms with Crippen molar-refractivity contribution in [3.8, 4) is 5.75 Å². The summed E-state index contributed by atoms with van der Waals surface area (Å²) < 4.78 is 31.6. The number of rotatable bonds is 5. The summed E-state index contributed by atoms with van der Waals surface area (Å²) in [5.41, 5.74) is 0.438. The molecule has 0 fully saturated rings. The first kappa shape index (κ1) is 15.7. The number of hydrogen-bond donors (Lipinski definition) is 0. The summed E-state index contributed by atoms with van der Waals surface area (Å²) in [5.74, 6) is 0.636. The third-order valence-corrected chi connectivity index (χ3v) is 5.09. The minimum atomic E-state index is -3.65. The fraction of sp³-hybridized carbons (Fsp3) is 0.200. The van der Waals surface area contributed by atoms with Crippen molar-refractivity contribution >= 4 is 27.3 Å². The molecule has 0 radical (unpaired) electrons. The van der Waals surface area contributed by atoms with Crippen molar-refractivity contribution in [2.75, 3.05) is 18.0 Å². The van der Waals surface area contributed by atoms with Gasteiger partial charge in [-0.1, -0.05) is 23.7 Å². The lowest BCUT2D eigenvalue weighted by atomic mass is 10.3. The Kier molecular flexibility index (Phi) is 4.75. The molecule has 21 heavy (non-hydrogen) atoms. The number of benzene rings is 2. The minimum Gasteiger partial charge on any atom is -0.494 e. The van der Waals surface area contributed by atoms with E-state index in [0.29, 0.717) is 23.1 Å². The molecule has 0 unspecified atom stereocenters. The van der Waals surface area contributed by atoms with Gasteiger partial charge in [0.05, 0.1) is 22.2 Å². The molecule has 0 N–H and O–H groups in total. The lowest BCUT2D eigenvalue weighted by Crippen LogP contribution is -2.26. The Balaban J connectivity index is 2.35. The molecule has 6 heteroatoms. The second-order valence-electron chi connectivity index (χ2n) is 4.33. The monoisotopic (exact) mass is 325 g/mol. The van der Waals surface area contributed by atoms with E-state index in [-0.39, 0.29) is 4.90 Å². The number of anilines is 1. The summed E-state index contributed by atoms with van der Waals surface area (Å²) in [7, 11) is -2.17. The van der Waals surface area contributed by atoms with Gasteiger partial charge in [0.25, 0.3) is 10.0 Å². The van der Waals surface area contributed by atoms with Crippen LogP contribution in [-0.4, -0.2) is 22.1 Å². The molecule has 0 spiro atoms. The second-order valence-corrected chi connectivity index (χ2v) is 6.70. The van der Waals surface area contributed by atoms with E-state index in [4.69, 9.17) is 16.3 Å². The number of para-hydroxylation sites is 1. The molecule has 0 aliphatic heterocycles. The number of nitrogens with zero attached hydrogens (tertiary/aromatic N) is 1. The van der Waals surface area contributed by atoms with E-state index in [0.717, 1.165) is 0 Å². The van der Waals surface area contributed by atoms with Gasteiger partial charge in [0.1, 0.15) is 5.75 Å². The van der Waals surface area contributed by atoms with Crippen LogP contribution in [0.2, 0.25) is 5.02 Å². The van der Waals surface area contributed by atoms with Crippen LogP contribution < -0.4 is 9.04 Å². The molecule has 2 aromatic rings. The molecule has 0 atom stereocenters. The van der Waals surface area contributed by atoms with Crippen LogP contribution in [0.5, 0.6) is 5.75 Å². The minimum absolute atomic E-state index is 0.188. The van der Waals surface area contributed by atoms with Gasteiger partial charge in [-0.2, -0.15) is 0 Å². The molecule has 4 nitrogen and oxygen atoms in total. The highest BCUT2D eigenvalue weighted by Gasteiger charge is 2.22. The highest BCUT2D eigenvalue weighted by atomic mass is 35.5. The lowest BCUT2D eigenvalue weighted by Gasteiger charge is -2.20. The summed E-state index contributed by atoms with van der Waals surface area (Å²) in [6, 6.07) is 13.1. The van der Waals surface area contributed by atoms with Gasteiger partial charge in [0.2, 0.25) is 0 Å².